The van der Waals surface area contributed by atoms with Crippen molar-refractivity contribution in [3.8, 4) is 23.0 Å². The number of methoxy groups -OCH3 is 1. The van der Waals surface area contributed by atoms with Gasteiger partial charge in [-0.25, -0.2) is 0 Å². The van der Waals surface area contributed by atoms with Crippen molar-refractivity contribution >= 4 is 19.7 Å². The van der Waals surface area contributed by atoms with E-state index in [4.69, 9.17) is 23.7 Å². The van der Waals surface area contributed by atoms with Crippen molar-refractivity contribution in [3.05, 3.63) is 42.5 Å². The average molecular weight is 586 g/mol. The van der Waals surface area contributed by atoms with Gasteiger partial charge in [0.2, 0.25) is 0 Å². The van der Waals surface area contributed by atoms with E-state index in [1.807, 2.05) is 13.8 Å². The molecule has 0 N–H and O–H groups in total. The zero-order valence-electron chi connectivity index (χ0n) is 23.8. The number of carbonyl (C=O) groups is 1. The van der Waals surface area contributed by atoms with E-state index in [2.05, 4.69) is 24.4 Å². The second-order valence-corrected chi connectivity index (χ2v) is 16.9. The first-order valence-electron chi connectivity index (χ1n) is 13.0. The molecule has 0 radical (unpaired) electrons. The molecule has 3 rings (SSSR count). The predicted octanol–water partition coefficient (Wildman–Crippen LogP) is 6.26. The molecule has 1 aliphatic rings. The summed E-state index contributed by atoms with van der Waals surface area (Å²) in [6.07, 6.45) is -5.15. The van der Waals surface area contributed by atoms with E-state index in [0.717, 1.165) is 18.2 Å². The van der Waals surface area contributed by atoms with Gasteiger partial charge in [-0.3, -0.25) is 4.79 Å². The molecule has 2 aromatic rings. The first-order chi connectivity index (χ1) is 18.7. The lowest BCUT2D eigenvalue weighted by atomic mass is 10.1. The maximum atomic E-state index is 13.0. The van der Waals surface area contributed by atoms with Crippen molar-refractivity contribution in [2.24, 2.45) is 0 Å². The molecule has 2 aromatic carbocycles. The molecule has 1 heterocycles. The van der Waals surface area contributed by atoms with Crippen LogP contribution in [0.25, 0.3) is 0 Å². The fourth-order valence-corrected chi connectivity index (χ4v) is 4.54. The maximum Gasteiger partial charge on any atom is 0.573 e. The summed E-state index contributed by atoms with van der Waals surface area (Å²) in [5.74, 6) is 0.590. The van der Waals surface area contributed by atoms with Gasteiger partial charge in [0.15, 0.2) is 17.6 Å². The zero-order valence-corrected chi connectivity index (χ0v) is 24.8. The minimum atomic E-state index is -4.78. The Kier molecular flexibility index (Phi) is 10.4. The van der Waals surface area contributed by atoms with Gasteiger partial charge < -0.3 is 33.3 Å². The van der Waals surface area contributed by atoms with E-state index in [1.165, 1.54) is 19.2 Å². The molecular formula is C28H38F3NO7Si. The highest BCUT2D eigenvalue weighted by Gasteiger charge is 2.35. The highest BCUT2D eigenvalue weighted by molar-refractivity contribution is 6.76. The topological polar surface area (TPSA) is 75.7 Å². The number of hydrogen-bond donors (Lipinski definition) is 0. The number of anilines is 1. The van der Waals surface area contributed by atoms with Crippen LogP contribution in [-0.4, -0.2) is 65.7 Å². The number of hydrogen-bond acceptors (Lipinski definition) is 7. The van der Waals surface area contributed by atoms with Crippen LogP contribution in [0.2, 0.25) is 25.7 Å². The van der Waals surface area contributed by atoms with Gasteiger partial charge in [-0.15, -0.1) is 13.2 Å². The summed E-state index contributed by atoms with van der Waals surface area (Å²) in [6, 6.07) is 11.2. The summed E-state index contributed by atoms with van der Waals surface area (Å²) in [7, 11) is 0.359. The van der Waals surface area contributed by atoms with Crippen LogP contribution in [0.15, 0.2) is 42.5 Å². The molecule has 1 unspecified atom stereocenters. The van der Waals surface area contributed by atoms with Crippen molar-refractivity contribution in [3.63, 3.8) is 0 Å². The molecule has 1 amide bonds. The van der Waals surface area contributed by atoms with Crippen LogP contribution < -0.4 is 23.8 Å². The van der Waals surface area contributed by atoms with Gasteiger partial charge in [0.05, 0.1) is 12.7 Å². The molecule has 0 saturated carbocycles. The lowest BCUT2D eigenvalue weighted by molar-refractivity contribution is -0.274. The largest absolute Gasteiger partial charge is 0.573 e. The van der Waals surface area contributed by atoms with Crippen molar-refractivity contribution < 1.29 is 46.4 Å². The Morgan fingerprint density at radius 1 is 1.00 bits per heavy atom. The number of halogens is 3. The third-order valence-corrected chi connectivity index (χ3v) is 7.76. The van der Waals surface area contributed by atoms with E-state index in [0.29, 0.717) is 36.8 Å². The minimum absolute atomic E-state index is 0.183. The number of carbonyl (C=O) groups excluding carboxylic acids is 1. The lowest BCUT2D eigenvalue weighted by Gasteiger charge is -2.26. The summed E-state index contributed by atoms with van der Waals surface area (Å²) < 4.78 is 69.7. The average Bonchev–Trinajstić information content (AvgIpc) is 3.21. The van der Waals surface area contributed by atoms with Crippen LogP contribution in [0.4, 0.5) is 18.9 Å². The van der Waals surface area contributed by atoms with E-state index >= 15 is 0 Å². The quantitative estimate of drug-likeness (QED) is 0.147. The Labute approximate surface area is 234 Å². The molecule has 1 aliphatic heterocycles. The van der Waals surface area contributed by atoms with E-state index in [-0.39, 0.29) is 30.8 Å². The third-order valence-electron chi connectivity index (χ3n) is 6.06. The molecule has 1 atom stereocenters. The molecule has 40 heavy (non-hydrogen) atoms. The monoisotopic (exact) mass is 585 g/mol. The Balaban J connectivity index is 1.54. The molecule has 12 heteroatoms. The van der Waals surface area contributed by atoms with Crippen LogP contribution in [0.1, 0.15) is 20.3 Å². The van der Waals surface area contributed by atoms with Crippen LogP contribution in [-0.2, 0) is 14.3 Å². The highest BCUT2D eigenvalue weighted by atomic mass is 28.3. The van der Waals surface area contributed by atoms with E-state index in [9.17, 15) is 18.0 Å². The Morgan fingerprint density at radius 2 is 1.68 bits per heavy atom. The number of benzene rings is 2. The minimum Gasteiger partial charge on any atom is -0.493 e. The van der Waals surface area contributed by atoms with Crippen molar-refractivity contribution in [2.45, 2.75) is 64.0 Å². The Hall–Kier alpha value is -2.96. The molecule has 0 spiro atoms. The van der Waals surface area contributed by atoms with Crippen LogP contribution in [0, 0.1) is 0 Å². The summed E-state index contributed by atoms with van der Waals surface area (Å²) in [4.78, 5) is 14.6. The second kappa shape index (κ2) is 13.1. The second-order valence-electron chi connectivity index (χ2n) is 11.3. The van der Waals surface area contributed by atoms with Crippen LogP contribution in [0.5, 0.6) is 23.0 Å². The Morgan fingerprint density at radius 3 is 2.30 bits per heavy atom. The van der Waals surface area contributed by atoms with Gasteiger partial charge in [0.25, 0.3) is 5.91 Å². The number of amides is 1. The third kappa shape index (κ3) is 9.90. The number of nitrogens with zero attached hydrogens (tertiary/aromatic N) is 1. The van der Waals surface area contributed by atoms with E-state index < -0.39 is 26.1 Å². The van der Waals surface area contributed by atoms with Gasteiger partial charge in [0, 0.05) is 39.4 Å². The summed E-state index contributed by atoms with van der Waals surface area (Å²) in [5.41, 5.74) is 0.00981. The summed E-state index contributed by atoms with van der Waals surface area (Å²) in [5, 5.41) is 0. The SMILES string of the molecule is COc1cc(N2CCC(Oc3ccc(OC(F)(F)F)cc3)C2=O)ccc1OCC(C)(C)OCOCC[Si](C)(C)C. The molecule has 0 bridgehead atoms. The molecule has 0 aliphatic carbocycles. The number of alkyl halides is 3. The molecule has 222 valence electrons. The lowest BCUT2D eigenvalue weighted by Crippen LogP contribution is -2.33. The maximum absolute atomic E-state index is 13.0. The predicted molar refractivity (Wildman–Crippen MR) is 147 cm³/mol. The highest BCUT2D eigenvalue weighted by Crippen LogP contribution is 2.35. The van der Waals surface area contributed by atoms with Crippen LogP contribution >= 0.6 is 0 Å². The summed E-state index contributed by atoms with van der Waals surface area (Å²) in [6.45, 7) is 12.2. The number of rotatable bonds is 14. The van der Waals surface area contributed by atoms with Gasteiger partial charge in [-0.2, -0.15) is 0 Å². The van der Waals surface area contributed by atoms with Crippen molar-refractivity contribution in [1.82, 2.24) is 0 Å². The Bertz CT molecular complexity index is 1120. The van der Waals surface area contributed by atoms with Crippen molar-refractivity contribution in [2.75, 3.05) is 38.6 Å². The van der Waals surface area contributed by atoms with Gasteiger partial charge in [-0.1, -0.05) is 19.6 Å². The fraction of sp³-hybridized carbons (Fsp3) is 0.536. The summed E-state index contributed by atoms with van der Waals surface area (Å²) >= 11 is 0. The van der Waals surface area contributed by atoms with Gasteiger partial charge in [0.1, 0.15) is 24.9 Å². The molecule has 8 nitrogen and oxygen atoms in total. The fourth-order valence-electron chi connectivity index (χ4n) is 3.78. The van der Waals surface area contributed by atoms with Gasteiger partial charge >= 0.3 is 6.36 Å². The zero-order chi connectivity index (χ0) is 29.6. The normalized spacial score (nSPS) is 16.3. The smallest absolute Gasteiger partial charge is 0.493 e. The molecular weight excluding hydrogens is 547 g/mol. The first kappa shape index (κ1) is 31.6. The molecule has 0 aromatic heterocycles. The molecule has 1 fully saturated rings. The van der Waals surface area contributed by atoms with Crippen molar-refractivity contribution in [1.29, 1.82) is 0 Å². The number of ether oxygens (including phenoxy) is 6. The molecule has 1 saturated heterocycles. The first-order valence-corrected chi connectivity index (χ1v) is 16.7. The standard InChI is InChI=1S/C28H38F3NO7Si/c1-27(2,37-19-35-15-16-40(4,5)6)18-36-23-12-7-20(17-25(23)34-3)32-14-13-24(26(32)33)38-21-8-10-22(11-9-21)39-28(29,30)31/h7-12,17,24H,13-16,18-19H2,1-6H3. The van der Waals surface area contributed by atoms with E-state index in [1.54, 1.807) is 23.1 Å². The van der Waals surface area contributed by atoms with Crippen LogP contribution in [0.3, 0.4) is 0 Å². The van der Waals surface area contributed by atoms with Gasteiger partial charge in [-0.05, 0) is 56.3 Å².